The van der Waals surface area contributed by atoms with E-state index in [0.717, 1.165) is 25.0 Å². The standard InChI is InChI=1S/C21H24N4O2/c1-14(25-10-9-16-5-3-4-6-17(16)13-25)12-22-21(26)24-18-7-8-19-20(11-18)27-15(2)23-19/h3-8,11,14H,9-10,12-13H2,1-2H3,(H2,22,24,26). The number of nitrogens with one attached hydrogen (secondary N) is 2. The third-order valence-electron chi connectivity index (χ3n) is 5.09. The predicted molar refractivity (Wildman–Crippen MR) is 106 cm³/mol. The van der Waals surface area contributed by atoms with Crippen molar-refractivity contribution in [3.05, 3.63) is 59.5 Å². The SMILES string of the molecule is Cc1nc2ccc(NC(=O)NCC(C)N3CCc4ccccc4C3)cc2o1. The summed E-state index contributed by atoms with van der Waals surface area (Å²) in [6.45, 7) is 6.50. The molecule has 2 N–H and O–H groups in total. The molecule has 0 fully saturated rings. The summed E-state index contributed by atoms with van der Waals surface area (Å²) in [5.74, 6) is 0.614. The van der Waals surface area contributed by atoms with Gasteiger partial charge in [-0.2, -0.15) is 0 Å². The first-order chi connectivity index (χ1) is 13.1. The van der Waals surface area contributed by atoms with E-state index in [4.69, 9.17) is 4.42 Å². The number of anilines is 1. The van der Waals surface area contributed by atoms with Gasteiger partial charge in [-0.1, -0.05) is 24.3 Å². The Labute approximate surface area is 158 Å². The lowest BCUT2D eigenvalue weighted by molar-refractivity contribution is 0.186. The van der Waals surface area contributed by atoms with Gasteiger partial charge < -0.3 is 15.1 Å². The lowest BCUT2D eigenvalue weighted by atomic mass is 9.99. The minimum atomic E-state index is -0.213. The molecule has 0 spiro atoms. The van der Waals surface area contributed by atoms with E-state index >= 15 is 0 Å². The third-order valence-corrected chi connectivity index (χ3v) is 5.09. The summed E-state index contributed by atoms with van der Waals surface area (Å²) in [5, 5.41) is 5.83. The van der Waals surface area contributed by atoms with Crippen LogP contribution in [-0.2, 0) is 13.0 Å². The smallest absolute Gasteiger partial charge is 0.319 e. The molecule has 0 bridgehead atoms. The van der Waals surface area contributed by atoms with Gasteiger partial charge in [0.2, 0.25) is 0 Å². The Kier molecular flexibility index (Phi) is 4.81. The number of amides is 2. The summed E-state index contributed by atoms with van der Waals surface area (Å²) in [4.78, 5) is 18.9. The second-order valence-corrected chi connectivity index (χ2v) is 7.09. The molecule has 0 saturated heterocycles. The lowest BCUT2D eigenvalue weighted by Gasteiger charge is -2.33. The van der Waals surface area contributed by atoms with Crippen molar-refractivity contribution in [2.24, 2.45) is 0 Å². The maximum atomic E-state index is 12.3. The summed E-state index contributed by atoms with van der Waals surface area (Å²) in [6, 6.07) is 14.1. The fraction of sp³-hybridized carbons (Fsp3) is 0.333. The van der Waals surface area contributed by atoms with Crippen LogP contribution in [0, 0.1) is 6.92 Å². The molecular weight excluding hydrogens is 340 g/mol. The predicted octanol–water partition coefficient (Wildman–Crippen LogP) is 3.70. The van der Waals surface area contributed by atoms with Gasteiger partial charge in [0.15, 0.2) is 11.5 Å². The molecule has 0 saturated carbocycles. The Morgan fingerprint density at radius 3 is 2.93 bits per heavy atom. The minimum Gasteiger partial charge on any atom is -0.441 e. The highest BCUT2D eigenvalue weighted by atomic mass is 16.3. The molecule has 2 amide bonds. The lowest BCUT2D eigenvalue weighted by Crippen LogP contribution is -2.45. The van der Waals surface area contributed by atoms with Gasteiger partial charge in [0.1, 0.15) is 5.52 Å². The fourth-order valence-corrected chi connectivity index (χ4v) is 3.56. The van der Waals surface area contributed by atoms with E-state index in [-0.39, 0.29) is 12.1 Å². The van der Waals surface area contributed by atoms with Crippen LogP contribution in [0.5, 0.6) is 0 Å². The van der Waals surface area contributed by atoms with Crippen LogP contribution in [0.1, 0.15) is 23.9 Å². The molecule has 2 aromatic carbocycles. The first kappa shape index (κ1) is 17.5. The Balaban J connectivity index is 1.30. The molecule has 1 aromatic heterocycles. The molecule has 2 heterocycles. The Morgan fingerprint density at radius 2 is 2.07 bits per heavy atom. The van der Waals surface area contributed by atoms with E-state index in [1.54, 1.807) is 13.0 Å². The first-order valence-electron chi connectivity index (χ1n) is 9.31. The van der Waals surface area contributed by atoms with Crippen LogP contribution in [0.15, 0.2) is 46.9 Å². The molecule has 0 aliphatic carbocycles. The van der Waals surface area contributed by atoms with Gasteiger partial charge in [-0.15, -0.1) is 0 Å². The van der Waals surface area contributed by atoms with Crippen molar-refractivity contribution in [2.75, 3.05) is 18.4 Å². The fourth-order valence-electron chi connectivity index (χ4n) is 3.56. The highest BCUT2D eigenvalue weighted by Gasteiger charge is 2.20. The van der Waals surface area contributed by atoms with Gasteiger partial charge in [0.25, 0.3) is 0 Å². The normalized spacial score (nSPS) is 15.3. The molecule has 1 aliphatic heterocycles. The van der Waals surface area contributed by atoms with Gasteiger partial charge in [-0.05, 0) is 36.6 Å². The second-order valence-electron chi connectivity index (χ2n) is 7.09. The number of carbonyl (C=O) groups excluding carboxylic acids is 1. The van der Waals surface area contributed by atoms with Gasteiger partial charge in [-0.3, -0.25) is 4.90 Å². The zero-order chi connectivity index (χ0) is 18.8. The monoisotopic (exact) mass is 364 g/mol. The van der Waals surface area contributed by atoms with Gasteiger partial charge in [0.05, 0.1) is 0 Å². The van der Waals surface area contributed by atoms with E-state index in [2.05, 4.69) is 51.7 Å². The van der Waals surface area contributed by atoms with E-state index in [1.807, 2.05) is 12.1 Å². The molecule has 1 unspecified atom stereocenters. The van der Waals surface area contributed by atoms with Crippen molar-refractivity contribution < 1.29 is 9.21 Å². The minimum absolute atomic E-state index is 0.213. The summed E-state index contributed by atoms with van der Waals surface area (Å²) < 4.78 is 5.51. The maximum absolute atomic E-state index is 12.3. The van der Waals surface area contributed by atoms with E-state index in [0.29, 0.717) is 23.7 Å². The van der Waals surface area contributed by atoms with Crippen molar-refractivity contribution in [1.29, 1.82) is 0 Å². The molecule has 1 atom stereocenters. The Morgan fingerprint density at radius 1 is 1.26 bits per heavy atom. The topological polar surface area (TPSA) is 70.4 Å². The van der Waals surface area contributed by atoms with Crippen molar-refractivity contribution in [1.82, 2.24) is 15.2 Å². The second kappa shape index (κ2) is 7.40. The van der Waals surface area contributed by atoms with Crippen molar-refractivity contribution >= 4 is 22.8 Å². The summed E-state index contributed by atoms with van der Waals surface area (Å²) in [5.41, 5.74) is 4.97. The van der Waals surface area contributed by atoms with Crippen LogP contribution in [0.2, 0.25) is 0 Å². The molecule has 140 valence electrons. The molecule has 6 heteroatoms. The Hall–Kier alpha value is -2.86. The number of nitrogens with zero attached hydrogens (tertiary/aromatic N) is 2. The average Bonchev–Trinajstić information content (AvgIpc) is 3.05. The molecule has 4 rings (SSSR count). The van der Waals surface area contributed by atoms with Crippen LogP contribution < -0.4 is 10.6 Å². The van der Waals surface area contributed by atoms with Crippen LogP contribution in [0.3, 0.4) is 0 Å². The highest BCUT2D eigenvalue weighted by molar-refractivity contribution is 5.91. The van der Waals surface area contributed by atoms with Gasteiger partial charge in [-0.25, -0.2) is 9.78 Å². The van der Waals surface area contributed by atoms with E-state index in [1.165, 1.54) is 11.1 Å². The van der Waals surface area contributed by atoms with Crippen LogP contribution >= 0.6 is 0 Å². The van der Waals surface area contributed by atoms with E-state index < -0.39 is 0 Å². The highest BCUT2D eigenvalue weighted by Crippen LogP contribution is 2.21. The number of carbonyl (C=O) groups is 1. The van der Waals surface area contributed by atoms with Crippen molar-refractivity contribution in [3.63, 3.8) is 0 Å². The van der Waals surface area contributed by atoms with Gasteiger partial charge in [0, 0.05) is 44.4 Å². The maximum Gasteiger partial charge on any atom is 0.319 e. The summed E-state index contributed by atoms with van der Waals surface area (Å²) in [7, 11) is 0. The molecule has 6 nitrogen and oxygen atoms in total. The zero-order valence-electron chi connectivity index (χ0n) is 15.7. The number of benzene rings is 2. The molecule has 1 aliphatic rings. The molecule has 3 aromatic rings. The molecular formula is C21H24N4O2. The van der Waals surface area contributed by atoms with Crippen LogP contribution in [0.4, 0.5) is 10.5 Å². The number of aryl methyl sites for hydroxylation is 1. The third kappa shape index (κ3) is 3.95. The quantitative estimate of drug-likeness (QED) is 0.740. The Bertz CT molecular complexity index is 966. The summed E-state index contributed by atoms with van der Waals surface area (Å²) in [6.07, 6.45) is 1.06. The molecule has 27 heavy (non-hydrogen) atoms. The van der Waals surface area contributed by atoms with Gasteiger partial charge >= 0.3 is 6.03 Å². The number of hydrogen-bond donors (Lipinski definition) is 2. The number of aromatic nitrogens is 1. The number of urea groups is 1. The number of hydrogen-bond acceptors (Lipinski definition) is 4. The van der Waals surface area contributed by atoms with Crippen molar-refractivity contribution in [2.45, 2.75) is 32.9 Å². The number of fused-ring (bicyclic) bond motifs is 2. The summed E-state index contributed by atoms with van der Waals surface area (Å²) >= 11 is 0. The average molecular weight is 364 g/mol. The molecule has 0 radical (unpaired) electrons. The van der Waals surface area contributed by atoms with Crippen LogP contribution in [-0.4, -0.2) is 35.0 Å². The number of rotatable bonds is 4. The van der Waals surface area contributed by atoms with Crippen LogP contribution in [0.25, 0.3) is 11.1 Å². The first-order valence-corrected chi connectivity index (χ1v) is 9.31. The van der Waals surface area contributed by atoms with Crippen molar-refractivity contribution in [3.8, 4) is 0 Å². The number of oxazole rings is 1. The largest absolute Gasteiger partial charge is 0.441 e. The van der Waals surface area contributed by atoms with E-state index in [9.17, 15) is 4.79 Å². The zero-order valence-corrected chi connectivity index (χ0v) is 15.7.